The van der Waals surface area contributed by atoms with Crippen LogP contribution in [0.1, 0.15) is 29.4 Å². The maximum absolute atomic E-state index is 11.4. The van der Waals surface area contributed by atoms with Crippen LogP contribution in [0.15, 0.2) is 12.1 Å². The Hall–Kier alpha value is -2.11. The number of piperazine rings is 1. The van der Waals surface area contributed by atoms with Gasteiger partial charge >= 0.3 is 5.97 Å². The van der Waals surface area contributed by atoms with Crippen molar-refractivity contribution in [3.63, 3.8) is 0 Å². The standard InChI is InChI=1S/C13H17N3O3/c1-2-3-10-6-9(13(18)19)7-11(15-10)16-5-4-14-12(17)8-16/h6-7H,2-5,8H2,1H3,(H,14,17)(H,18,19). The molecule has 0 spiro atoms. The highest BCUT2D eigenvalue weighted by Gasteiger charge is 2.19. The first-order valence-electron chi connectivity index (χ1n) is 6.36. The number of carbonyl (C=O) groups is 2. The van der Waals surface area contributed by atoms with Crippen LogP contribution in [0.4, 0.5) is 5.82 Å². The SMILES string of the molecule is CCCc1cc(C(=O)O)cc(N2CCNC(=O)C2)n1. The normalized spacial score (nSPS) is 15.2. The maximum atomic E-state index is 11.4. The lowest BCUT2D eigenvalue weighted by molar-refractivity contribution is -0.120. The van der Waals surface area contributed by atoms with E-state index in [0.29, 0.717) is 18.9 Å². The Kier molecular flexibility index (Phi) is 3.99. The first kappa shape index (κ1) is 13.3. The molecule has 1 saturated heterocycles. The van der Waals surface area contributed by atoms with Crippen LogP contribution in [0.25, 0.3) is 0 Å². The van der Waals surface area contributed by atoms with Crippen molar-refractivity contribution in [3.8, 4) is 0 Å². The first-order chi connectivity index (χ1) is 9.10. The predicted molar refractivity (Wildman–Crippen MR) is 70.4 cm³/mol. The molecule has 0 unspecified atom stereocenters. The zero-order valence-electron chi connectivity index (χ0n) is 10.8. The number of nitrogens with zero attached hydrogens (tertiary/aromatic N) is 2. The van der Waals surface area contributed by atoms with Crippen molar-refractivity contribution in [3.05, 3.63) is 23.4 Å². The molecule has 1 fully saturated rings. The fourth-order valence-electron chi connectivity index (χ4n) is 2.08. The summed E-state index contributed by atoms with van der Waals surface area (Å²) in [7, 11) is 0. The van der Waals surface area contributed by atoms with E-state index in [1.807, 2.05) is 11.8 Å². The van der Waals surface area contributed by atoms with Gasteiger partial charge in [0.25, 0.3) is 0 Å². The maximum Gasteiger partial charge on any atom is 0.335 e. The monoisotopic (exact) mass is 263 g/mol. The predicted octanol–water partition coefficient (Wildman–Crippen LogP) is 0.668. The topological polar surface area (TPSA) is 82.5 Å². The molecule has 0 aromatic carbocycles. The van der Waals surface area contributed by atoms with Gasteiger partial charge in [-0.05, 0) is 18.6 Å². The summed E-state index contributed by atoms with van der Waals surface area (Å²) >= 11 is 0. The Bertz CT molecular complexity index is 502. The highest BCUT2D eigenvalue weighted by molar-refractivity contribution is 5.89. The number of hydrogen-bond donors (Lipinski definition) is 2. The number of carboxylic acids is 1. The third kappa shape index (κ3) is 3.21. The van der Waals surface area contributed by atoms with Gasteiger partial charge in [0, 0.05) is 18.8 Å². The van der Waals surface area contributed by atoms with Gasteiger partial charge in [-0.2, -0.15) is 0 Å². The summed E-state index contributed by atoms with van der Waals surface area (Å²) in [6.45, 7) is 3.44. The smallest absolute Gasteiger partial charge is 0.335 e. The largest absolute Gasteiger partial charge is 0.478 e. The summed E-state index contributed by atoms with van der Waals surface area (Å²) in [6.07, 6.45) is 1.63. The average molecular weight is 263 g/mol. The summed E-state index contributed by atoms with van der Waals surface area (Å²) in [6, 6.07) is 3.12. The molecule has 0 bridgehead atoms. The van der Waals surface area contributed by atoms with Gasteiger partial charge in [-0.3, -0.25) is 4.79 Å². The van der Waals surface area contributed by atoms with Crippen molar-refractivity contribution in [2.75, 3.05) is 24.5 Å². The second-order valence-corrected chi connectivity index (χ2v) is 4.53. The molecule has 2 heterocycles. The number of aryl methyl sites for hydroxylation is 1. The number of hydrogen-bond acceptors (Lipinski definition) is 4. The summed E-state index contributed by atoms with van der Waals surface area (Å²) in [5, 5.41) is 11.9. The van der Waals surface area contributed by atoms with Gasteiger partial charge in [0.2, 0.25) is 5.91 Å². The molecular formula is C13H17N3O3. The molecule has 0 atom stereocenters. The molecule has 1 aromatic rings. The molecule has 1 aliphatic rings. The zero-order chi connectivity index (χ0) is 13.8. The first-order valence-corrected chi connectivity index (χ1v) is 6.36. The van der Waals surface area contributed by atoms with Gasteiger partial charge in [0.05, 0.1) is 12.1 Å². The number of carboxylic acid groups (broad SMARTS) is 1. The second-order valence-electron chi connectivity index (χ2n) is 4.53. The van der Waals surface area contributed by atoms with Crippen molar-refractivity contribution >= 4 is 17.7 Å². The highest BCUT2D eigenvalue weighted by atomic mass is 16.4. The Morgan fingerprint density at radius 3 is 2.95 bits per heavy atom. The Morgan fingerprint density at radius 2 is 2.32 bits per heavy atom. The molecule has 6 heteroatoms. The van der Waals surface area contributed by atoms with E-state index in [-0.39, 0.29) is 18.0 Å². The minimum absolute atomic E-state index is 0.0641. The Balaban J connectivity index is 2.32. The molecule has 0 aliphatic carbocycles. The van der Waals surface area contributed by atoms with Crippen molar-refractivity contribution in [2.45, 2.75) is 19.8 Å². The van der Waals surface area contributed by atoms with Gasteiger partial charge < -0.3 is 15.3 Å². The summed E-state index contributed by atoms with van der Waals surface area (Å²) in [4.78, 5) is 28.8. The lowest BCUT2D eigenvalue weighted by Gasteiger charge is -2.28. The fourth-order valence-corrected chi connectivity index (χ4v) is 2.08. The third-order valence-electron chi connectivity index (χ3n) is 2.98. The average Bonchev–Trinajstić information content (AvgIpc) is 2.38. The van der Waals surface area contributed by atoms with Gasteiger partial charge in [-0.25, -0.2) is 9.78 Å². The van der Waals surface area contributed by atoms with E-state index in [0.717, 1.165) is 18.5 Å². The molecule has 1 amide bonds. The number of amides is 1. The highest BCUT2D eigenvalue weighted by Crippen LogP contribution is 2.17. The van der Waals surface area contributed by atoms with E-state index in [9.17, 15) is 9.59 Å². The minimum Gasteiger partial charge on any atom is -0.478 e. The molecule has 19 heavy (non-hydrogen) atoms. The number of aromatic nitrogens is 1. The van der Waals surface area contributed by atoms with Crippen LogP contribution in [0.2, 0.25) is 0 Å². The van der Waals surface area contributed by atoms with Crippen LogP contribution >= 0.6 is 0 Å². The molecule has 6 nitrogen and oxygen atoms in total. The summed E-state index contributed by atoms with van der Waals surface area (Å²) < 4.78 is 0. The van der Waals surface area contributed by atoms with Gasteiger partial charge in [0.15, 0.2) is 0 Å². The van der Waals surface area contributed by atoms with Gasteiger partial charge in [-0.15, -0.1) is 0 Å². The Labute approximate surface area is 111 Å². The van der Waals surface area contributed by atoms with E-state index in [1.54, 1.807) is 6.07 Å². The summed E-state index contributed by atoms with van der Waals surface area (Å²) in [5.74, 6) is -0.466. The second kappa shape index (κ2) is 5.69. The van der Waals surface area contributed by atoms with Gasteiger partial charge in [0.1, 0.15) is 5.82 Å². The van der Waals surface area contributed by atoms with Crippen LogP contribution in [0.5, 0.6) is 0 Å². The Morgan fingerprint density at radius 1 is 1.53 bits per heavy atom. The van der Waals surface area contributed by atoms with Crippen LogP contribution in [0.3, 0.4) is 0 Å². The number of pyridine rings is 1. The zero-order valence-corrected chi connectivity index (χ0v) is 10.8. The van der Waals surface area contributed by atoms with Gasteiger partial charge in [-0.1, -0.05) is 13.3 Å². The van der Waals surface area contributed by atoms with Crippen LogP contribution in [-0.2, 0) is 11.2 Å². The lowest BCUT2D eigenvalue weighted by Crippen LogP contribution is -2.48. The summed E-state index contributed by atoms with van der Waals surface area (Å²) in [5.41, 5.74) is 0.975. The number of anilines is 1. The van der Waals surface area contributed by atoms with E-state index in [4.69, 9.17) is 5.11 Å². The number of rotatable bonds is 4. The lowest BCUT2D eigenvalue weighted by atomic mass is 10.1. The third-order valence-corrected chi connectivity index (χ3v) is 2.98. The van der Waals surface area contributed by atoms with Crippen molar-refractivity contribution in [2.24, 2.45) is 0 Å². The molecule has 2 N–H and O–H groups in total. The van der Waals surface area contributed by atoms with Crippen LogP contribution in [0, 0.1) is 0 Å². The molecule has 1 aliphatic heterocycles. The molecule has 0 radical (unpaired) electrons. The van der Waals surface area contributed by atoms with Crippen LogP contribution in [-0.4, -0.2) is 41.6 Å². The molecule has 0 saturated carbocycles. The number of nitrogens with one attached hydrogen (secondary N) is 1. The quantitative estimate of drug-likeness (QED) is 0.834. The number of aromatic carboxylic acids is 1. The van der Waals surface area contributed by atoms with Crippen molar-refractivity contribution < 1.29 is 14.7 Å². The molecule has 102 valence electrons. The van der Waals surface area contributed by atoms with E-state index < -0.39 is 5.97 Å². The molecule has 1 aromatic heterocycles. The van der Waals surface area contributed by atoms with Crippen LogP contribution < -0.4 is 10.2 Å². The van der Waals surface area contributed by atoms with Crippen molar-refractivity contribution in [1.29, 1.82) is 0 Å². The number of carbonyl (C=O) groups excluding carboxylic acids is 1. The fraction of sp³-hybridized carbons (Fsp3) is 0.462. The molecule has 2 rings (SSSR count). The van der Waals surface area contributed by atoms with E-state index in [1.165, 1.54) is 6.07 Å². The molecular weight excluding hydrogens is 246 g/mol. The van der Waals surface area contributed by atoms with E-state index in [2.05, 4.69) is 10.3 Å². The van der Waals surface area contributed by atoms with E-state index >= 15 is 0 Å². The van der Waals surface area contributed by atoms with Crippen molar-refractivity contribution in [1.82, 2.24) is 10.3 Å². The minimum atomic E-state index is -0.970.